The Hall–Kier alpha value is -2.06. The topological polar surface area (TPSA) is 35.2 Å². The van der Waals surface area contributed by atoms with Crippen LogP contribution >= 0.6 is 0 Å². The second kappa shape index (κ2) is 8.98. The SMILES string of the molecule is N[C@H]1CCC[C@H](OCCc2cc(C(F)(F)F)cc(C(F)(F)F)c2)[C@H]1c1ccccc1. The van der Waals surface area contributed by atoms with Crippen LogP contribution in [0, 0.1) is 0 Å². The molecule has 0 heterocycles. The predicted molar refractivity (Wildman–Crippen MR) is 101 cm³/mol. The molecule has 30 heavy (non-hydrogen) atoms. The number of ether oxygens (including phenoxy) is 1. The molecule has 2 N–H and O–H groups in total. The second-order valence-corrected chi connectivity index (χ2v) is 7.60. The van der Waals surface area contributed by atoms with E-state index in [0.29, 0.717) is 0 Å². The molecule has 3 rings (SSSR count). The summed E-state index contributed by atoms with van der Waals surface area (Å²) in [5.74, 6) is -0.0628. The summed E-state index contributed by atoms with van der Waals surface area (Å²) in [6.45, 7) is 0.0132. The Morgan fingerprint density at radius 1 is 0.867 bits per heavy atom. The van der Waals surface area contributed by atoms with E-state index in [0.717, 1.165) is 37.0 Å². The third-order valence-electron chi connectivity index (χ3n) is 5.44. The van der Waals surface area contributed by atoms with Gasteiger partial charge in [0.05, 0.1) is 23.8 Å². The maximum atomic E-state index is 13.0. The van der Waals surface area contributed by atoms with Gasteiger partial charge >= 0.3 is 12.4 Å². The molecule has 0 unspecified atom stereocenters. The van der Waals surface area contributed by atoms with Crippen molar-refractivity contribution >= 4 is 0 Å². The second-order valence-electron chi connectivity index (χ2n) is 7.60. The van der Waals surface area contributed by atoms with E-state index in [-0.39, 0.29) is 42.7 Å². The van der Waals surface area contributed by atoms with Crippen molar-refractivity contribution in [3.63, 3.8) is 0 Å². The summed E-state index contributed by atoms with van der Waals surface area (Å²) in [5, 5.41) is 0. The molecule has 1 saturated carbocycles. The van der Waals surface area contributed by atoms with Crippen LogP contribution in [0.15, 0.2) is 48.5 Å². The number of nitrogens with two attached hydrogens (primary N) is 1. The van der Waals surface area contributed by atoms with E-state index in [9.17, 15) is 26.3 Å². The highest BCUT2D eigenvalue weighted by Gasteiger charge is 2.37. The summed E-state index contributed by atoms with van der Waals surface area (Å²) in [6.07, 6.45) is -7.57. The van der Waals surface area contributed by atoms with Crippen LogP contribution < -0.4 is 5.73 Å². The summed E-state index contributed by atoms with van der Waals surface area (Å²) in [5.41, 5.74) is 4.63. The average Bonchev–Trinajstić information content (AvgIpc) is 2.67. The van der Waals surface area contributed by atoms with Crippen molar-refractivity contribution in [3.05, 3.63) is 70.8 Å². The Labute approximate surface area is 171 Å². The Kier molecular flexibility index (Phi) is 6.77. The highest BCUT2D eigenvalue weighted by molar-refractivity contribution is 5.33. The molecule has 1 fully saturated rings. The van der Waals surface area contributed by atoms with Gasteiger partial charge in [-0.2, -0.15) is 26.3 Å². The number of benzene rings is 2. The van der Waals surface area contributed by atoms with Gasteiger partial charge in [0.2, 0.25) is 0 Å². The van der Waals surface area contributed by atoms with Crippen LogP contribution in [0.2, 0.25) is 0 Å². The monoisotopic (exact) mass is 431 g/mol. The van der Waals surface area contributed by atoms with Crippen LogP contribution in [0.5, 0.6) is 0 Å². The molecule has 8 heteroatoms. The van der Waals surface area contributed by atoms with Gasteiger partial charge < -0.3 is 10.5 Å². The Bertz CT molecular complexity index is 802. The lowest BCUT2D eigenvalue weighted by Gasteiger charge is -2.36. The van der Waals surface area contributed by atoms with Crippen molar-refractivity contribution in [2.75, 3.05) is 6.61 Å². The minimum atomic E-state index is -4.86. The number of hydrogen-bond acceptors (Lipinski definition) is 2. The van der Waals surface area contributed by atoms with Gasteiger partial charge in [0, 0.05) is 12.0 Å². The van der Waals surface area contributed by atoms with E-state index in [2.05, 4.69) is 0 Å². The van der Waals surface area contributed by atoms with Gasteiger partial charge in [-0.1, -0.05) is 30.3 Å². The Balaban J connectivity index is 1.73. The average molecular weight is 431 g/mol. The van der Waals surface area contributed by atoms with Crippen LogP contribution in [-0.2, 0) is 23.5 Å². The fourth-order valence-corrected chi connectivity index (χ4v) is 4.01. The van der Waals surface area contributed by atoms with E-state index in [1.807, 2.05) is 30.3 Å². The van der Waals surface area contributed by atoms with E-state index < -0.39 is 23.5 Å². The Morgan fingerprint density at radius 3 is 2.03 bits per heavy atom. The van der Waals surface area contributed by atoms with Crippen LogP contribution in [0.3, 0.4) is 0 Å². The largest absolute Gasteiger partial charge is 0.416 e. The summed E-state index contributed by atoms with van der Waals surface area (Å²) >= 11 is 0. The highest BCUT2D eigenvalue weighted by Crippen LogP contribution is 2.37. The Morgan fingerprint density at radius 2 is 1.47 bits per heavy atom. The molecule has 0 radical (unpaired) electrons. The summed E-state index contributed by atoms with van der Waals surface area (Å²) in [7, 11) is 0. The lowest BCUT2D eigenvalue weighted by molar-refractivity contribution is -0.143. The summed E-state index contributed by atoms with van der Waals surface area (Å²) < 4.78 is 84.0. The molecule has 0 aromatic heterocycles. The maximum absolute atomic E-state index is 13.0. The molecule has 2 nitrogen and oxygen atoms in total. The van der Waals surface area contributed by atoms with Gasteiger partial charge in [0.15, 0.2) is 0 Å². The zero-order chi connectivity index (χ0) is 21.9. The molecular weight excluding hydrogens is 408 g/mol. The van der Waals surface area contributed by atoms with Crippen LogP contribution in [0.25, 0.3) is 0 Å². The number of halogens is 6. The van der Waals surface area contributed by atoms with Gasteiger partial charge in [-0.05, 0) is 55.0 Å². The molecule has 3 atom stereocenters. The fraction of sp³-hybridized carbons (Fsp3) is 0.455. The van der Waals surface area contributed by atoms with E-state index >= 15 is 0 Å². The van der Waals surface area contributed by atoms with Crippen molar-refractivity contribution in [2.24, 2.45) is 5.73 Å². The van der Waals surface area contributed by atoms with Gasteiger partial charge in [-0.15, -0.1) is 0 Å². The first-order chi connectivity index (χ1) is 14.1. The van der Waals surface area contributed by atoms with Crippen LogP contribution in [-0.4, -0.2) is 18.8 Å². The first kappa shape index (κ1) is 22.6. The standard InChI is InChI=1S/C22H23F6NO/c23-21(24,25)16-11-14(12-17(13-16)22(26,27)28)9-10-30-19-8-4-7-18(29)20(19)15-5-2-1-3-6-15/h1-3,5-6,11-13,18-20H,4,7-10,29H2/t18-,19-,20-/m0/s1. The van der Waals surface area contributed by atoms with Crippen LogP contribution in [0.4, 0.5) is 26.3 Å². The van der Waals surface area contributed by atoms with E-state index in [1.165, 1.54) is 0 Å². The molecule has 0 amide bonds. The fourth-order valence-electron chi connectivity index (χ4n) is 4.01. The zero-order valence-corrected chi connectivity index (χ0v) is 16.1. The molecule has 0 bridgehead atoms. The van der Waals surface area contributed by atoms with Gasteiger partial charge in [-0.25, -0.2) is 0 Å². The van der Waals surface area contributed by atoms with Crippen molar-refractivity contribution in [2.45, 2.75) is 56.1 Å². The number of hydrogen-bond donors (Lipinski definition) is 1. The molecular formula is C22H23F6NO. The van der Waals surface area contributed by atoms with Crippen molar-refractivity contribution in [3.8, 4) is 0 Å². The molecule has 0 saturated heterocycles. The lowest BCUT2D eigenvalue weighted by atomic mass is 9.78. The molecule has 2 aromatic rings. The molecule has 1 aliphatic carbocycles. The van der Waals surface area contributed by atoms with Crippen molar-refractivity contribution in [1.82, 2.24) is 0 Å². The maximum Gasteiger partial charge on any atom is 0.416 e. The lowest BCUT2D eigenvalue weighted by Crippen LogP contribution is -2.41. The van der Waals surface area contributed by atoms with Crippen LogP contribution in [0.1, 0.15) is 47.4 Å². The molecule has 0 spiro atoms. The molecule has 2 aromatic carbocycles. The normalized spacial score (nSPS) is 22.8. The number of rotatable bonds is 5. The minimum Gasteiger partial charge on any atom is -0.377 e. The van der Waals surface area contributed by atoms with Gasteiger partial charge in [0.1, 0.15) is 0 Å². The minimum absolute atomic E-state index is 0.0132. The summed E-state index contributed by atoms with van der Waals surface area (Å²) in [4.78, 5) is 0. The van der Waals surface area contributed by atoms with Gasteiger partial charge in [0.25, 0.3) is 0 Å². The third-order valence-corrected chi connectivity index (χ3v) is 5.44. The summed E-state index contributed by atoms with van der Waals surface area (Å²) in [6, 6.07) is 11.1. The quantitative estimate of drug-likeness (QED) is 0.594. The smallest absolute Gasteiger partial charge is 0.377 e. The first-order valence-electron chi connectivity index (χ1n) is 9.76. The third kappa shape index (κ3) is 5.55. The van der Waals surface area contributed by atoms with Gasteiger partial charge in [-0.3, -0.25) is 0 Å². The molecule has 1 aliphatic rings. The van der Waals surface area contributed by atoms with Crippen molar-refractivity contribution < 1.29 is 31.1 Å². The highest BCUT2D eigenvalue weighted by atomic mass is 19.4. The molecule has 0 aliphatic heterocycles. The van der Waals surface area contributed by atoms with E-state index in [1.54, 1.807) is 0 Å². The first-order valence-corrected chi connectivity index (χ1v) is 9.76. The van der Waals surface area contributed by atoms with E-state index in [4.69, 9.17) is 10.5 Å². The predicted octanol–water partition coefficient (Wildman–Crippen LogP) is 5.95. The number of alkyl halides is 6. The molecule has 164 valence electrons. The zero-order valence-electron chi connectivity index (χ0n) is 16.1. The van der Waals surface area contributed by atoms with Crippen molar-refractivity contribution in [1.29, 1.82) is 0 Å².